The number of nitrogens with two attached hydrogens (primary N) is 1. The van der Waals surface area contributed by atoms with Crippen LogP contribution in [0.2, 0.25) is 5.02 Å². The Morgan fingerprint density at radius 1 is 1.19 bits per heavy atom. The van der Waals surface area contributed by atoms with Crippen molar-refractivity contribution < 1.29 is 4.52 Å². The molecule has 0 saturated heterocycles. The molecule has 0 spiro atoms. The van der Waals surface area contributed by atoms with E-state index in [0.29, 0.717) is 28.0 Å². The molecule has 1 aliphatic carbocycles. The van der Waals surface area contributed by atoms with Crippen LogP contribution in [0.15, 0.2) is 47.0 Å². The molecule has 0 saturated carbocycles. The summed E-state index contributed by atoms with van der Waals surface area (Å²) in [5, 5.41) is 4.61. The fourth-order valence-electron chi connectivity index (χ4n) is 2.68. The lowest BCUT2D eigenvalue weighted by atomic mass is 9.77. The average molecular weight is 298 g/mol. The summed E-state index contributed by atoms with van der Waals surface area (Å²) in [5.74, 6) is 1.35. The monoisotopic (exact) mass is 297 g/mol. The maximum absolute atomic E-state index is 6.17. The summed E-state index contributed by atoms with van der Waals surface area (Å²) in [4.78, 5) is 4.49. The maximum atomic E-state index is 6.17. The third-order valence-electron chi connectivity index (χ3n) is 3.83. The number of nitrogens with zero attached hydrogens (tertiary/aromatic N) is 2. The lowest BCUT2D eigenvalue weighted by molar-refractivity contribution is 0.416. The van der Waals surface area contributed by atoms with Crippen molar-refractivity contribution in [2.45, 2.75) is 12.3 Å². The molecule has 1 unspecified atom stereocenters. The van der Waals surface area contributed by atoms with Gasteiger partial charge in [0.1, 0.15) is 0 Å². The second kappa shape index (κ2) is 4.60. The van der Waals surface area contributed by atoms with Crippen molar-refractivity contribution in [3.8, 4) is 11.5 Å². The second-order valence-electron chi connectivity index (χ2n) is 5.15. The molecule has 0 amide bonds. The van der Waals surface area contributed by atoms with Gasteiger partial charge in [0, 0.05) is 5.69 Å². The summed E-state index contributed by atoms with van der Waals surface area (Å²) in [6.45, 7) is 0. The molecule has 1 heterocycles. The van der Waals surface area contributed by atoms with Crippen LogP contribution in [0.5, 0.6) is 0 Å². The number of fused-ring (bicyclic) bond motifs is 1. The maximum Gasteiger partial charge on any atom is 0.259 e. The number of anilines is 1. The van der Waals surface area contributed by atoms with Crippen molar-refractivity contribution in [2.75, 3.05) is 5.73 Å². The molecular formula is C16H12ClN3O. The number of rotatable bonds is 2. The van der Waals surface area contributed by atoms with E-state index in [1.165, 1.54) is 11.1 Å². The summed E-state index contributed by atoms with van der Waals surface area (Å²) in [6.07, 6.45) is 0.949. The van der Waals surface area contributed by atoms with Crippen molar-refractivity contribution in [1.82, 2.24) is 10.1 Å². The smallest absolute Gasteiger partial charge is 0.259 e. The molecule has 5 heteroatoms. The van der Waals surface area contributed by atoms with E-state index in [0.717, 1.165) is 6.42 Å². The third kappa shape index (κ3) is 1.99. The van der Waals surface area contributed by atoms with Gasteiger partial charge in [-0.15, -0.1) is 0 Å². The molecule has 4 nitrogen and oxygen atoms in total. The highest BCUT2D eigenvalue weighted by Gasteiger charge is 2.31. The third-order valence-corrected chi connectivity index (χ3v) is 4.14. The van der Waals surface area contributed by atoms with Crippen molar-refractivity contribution in [1.29, 1.82) is 0 Å². The summed E-state index contributed by atoms with van der Waals surface area (Å²) in [5.41, 5.74) is 9.62. The standard InChI is InChI=1S/C16H12ClN3O/c17-14-8-10(18)5-6-12(14)16-19-15(20-21-16)13-7-9-3-1-2-4-11(9)13/h1-6,8,13H,7,18H2. The van der Waals surface area contributed by atoms with Crippen LogP contribution in [0.25, 0.3) is 11.5 Å². The van der Waals surface area contributed by atoms with Gasteiger partial charge in [-0.05, 0) is 35.7 Å². The van der Waals surface area contributed by atoms with Crippen LogP contribution in [0.4, 0.5) is 5.69 Å². The SMILES string of the molecule is Nc1ccc(-c2nc(C3Cc4ccccc43)no2)c(Cl)c1. The molecule has 0 bridgehead atoms. The van der Waals surface area contributed by atoms with E-state index in [-0.39, 0.29) is 5.92 Å². The lowest BCUT2D eigenvalue weighted by Gasteiger charge is -2.27. The van der Waals surface area contributed by atoms with Gasteiger partial charge in [0.05, 0.1) is 16.5 Å². The van der Waals surface area contributed by atoms with Crippen LogP contribution in [-0.4, -0.2) is 10.1 Å². The number of benzene rings is 2. The van der Waals surface area contributed by atoms with Crippen molar-refractivity contribution in [3.63, 3.8) is 0 Å². The summed E-state index contributed by atoms with van der Waals surface area (Å²) >= 11 is 6.17. The van der Waals surface area contributed by atoms with Gasteiger partial charge in [-0.3, -0.25) is 0 Å². The fraction of sp³-hybridized carbons (Fsp3) is 0.125. The zero-order chi connectivity index (χ0) is 14.4. The van der Waals surface area contributed by atoms with Gasteiger partial charge in [-0.1, -0.05) is 41.0 Å². The minimum atomic E-state index is 0.214. The van der Waals surface area contributed by atoms with Crippen LogP contribution in [-0.2, 0) is 6.42 Å². The quantitative estimate of drug-likeness (QED) is 0.733. The normalized spacial score (nSPS) is 16.3. The Bertz CT molecular complexity index is 828. The molecule has 0 radical (unpaired) electrons. The topological polar surface area (TPSA) is 64.9 Å². The van der Waals surface area contributed by atoms with E-state index in [1.807, 2.05) is 12.1 Å². The van der Waals surface area contributed by atoms with Crippen LogP contribution in [0, 0.1) is 0 Å². The van der Waals surface area contributed by atoms with Crippen LogP contribution < -0.4 is 5.73 Å². The Hall–Kier alpha value is -2.33. The summed E-state index contributed by atoms with van der Waals surface area (Å²) in [7, 11) is 0. The molecule has 1 atom stereocenters. The predicted octanol–water partition coefficient (Wildman–Crippen LogP) is 3.66. The molecule has 1 aromatic heterocycles. The minimum absolute atomic E-state index is 0.214. The number of aromatic nitrogens is 2. The van der Waals surface area contributed by atoms with E-state index < -0.39 is 0 Å². The van der Waals surface area contributed by atoms with E-state index in [9.17, 15) is 0 Å². The fourth-order valence-corrected chi connectivity index (χ4v) is 2.95. The number of halogens is 1. The van der Waals surface area contributed by atoms with Gasteiger partial charge >= 0.3 is 0 Å². The van der Waals surface area contributed by atoms with Gasteiger partial charge < -0.3 is 10.3 Å². The van der Waals surface area contributed by atoms with Crippen LogP contribution in [0.1, 0.15) is 22.9 Å². The summed E-state index contributed by atoms with van der Waals surface area (Å²) < 4.78 is 5.36. The minimum Gasteiger partial charge on any atom is -0.399 e. The highest BCUT2D eigenvalue weighted by Crippen LogP contribution is 2.39. The van der Waals surface area contributed by atoms with E-state index in [2.05, 4.69) is 22.3 Å². The highest BCUT2D eigenvalue weighted by atomic mass is 35.5. The Labute approximate surface area is 126 Å². The van der Waals surface area contributed by atoms with Gasteiger partial charge in [0.25, 0.3) is 5.89 Å². The first-order valence-corrected chi connectivity index (χ1v) is 7.07. The van der Waals surface area contributed by atoms with Gasteiger partial charge in [0.15, 0.2) is 5.82 Å². The Morgan fingerprint density at radius 3 is 2.86 bits per heavy atom. The lowest BCUT2D eigenvalue weighted by Crippen LogP contribution is -2.19. The summed E-state index contributed by atoms with van der Waals surface area (Å²) in [6, 6.07) is 13.6. The molecule has 0 aliphatic heterocycles. The molecular weight excluding hydrogens is 286 g/mol. The molecule has 104 valence electrons. The van der Waals surface area contributed by atoms with Crippen molar-refractivity contribution in [2.24, 2.45) is 0 Å². The molecule has 0 fully saturated rings. The second-order valence-corrected chi connectivity index (χ2v) is 5.56. The number of hydrogen-bond acceptors (Lipinski definition) is 4. The number of hydrogen-bond donors (Lipinski definition) is 1. The Kier molecular flexibility index (Phi) is 2.72. The molecule has 21 heavy (non-hydrogen) atoms. The van der Waals surface area contributed by atoms with Gasteiger partial charge in [-0.25, -0.2) is 0 Å². The van der Waals surface area contributed by atoms with E-state index in [4.69, 9.17) is 21.9 Å². The van der Waals surface area contributed by atoms with Crippen LogP contribution >= 0.6 is 11.6 Å². The largest absolute Gasteiger partial charge is 0.399 e. The van der Waals surface area contributed by atoms with Crippen LogP contribution in [0.3, 0.4) is 0 Å². The van der Waals surface area contributed by atoms with Gasteiger partial charge in [0.2, 0.25) is 0 Å². The van der Waals surface area contributed by atoms with Crippen molar-refractivity contribution >= 4 is 17.3 Å². The predicted molar refractivity (Wildman–Crippen MR) is 81.1 cm³/mol. The van der Waals surface area contributed by atoms with E-state index in [1.54, 1.807) is 18.2 Å². The molecule has 1 aliphatic rings. The molecule has 4 rings (SSSR count). The first kappa shape index (κ1) is 12.4. The Balaban J connectivity index is 1.68. The number of nitrogen functional groups attached to an aromatic ring is 1. The first-order valence-electron chi connectivity index (χ1n) is 6.69. The van der Waals surface area contributed by atoms with Crippen molar-refractivity contribution in [3.05, 3.63) is 64.4 Å². The molecule has 2 aromatic carbocycles. The molecule has 2 N–H and O–H groups in total. The zero-order valence-corrected chi connectivity index (χ0v) is 11.8. The Morgan fingerprint density at radius 2 is 2.05 bits per heavy atom. The molecule has 3 aromatic rings. The average Bonchev–Trinajstić information content (AvgIpc) is 2.89. The van der Waals surface area contributed by atoms with E-state index >= 15 is 0 Å². The van der Waals surface area contributed by atoms with Gasteiger partial charge in [-0.2, -0.15) is 4.98 Å². The highest BCUT2D eigenvalue weighted by molar-refractivity contribution is 6.33. The zero-order valence-electron chi connectivity index (χ0n) is 11.1. The first-order chi connectivity index (χ1) is 10.2.